The highest BCUT2D eigenvalue weighted by molar-refractivity contribution is 5.84. The molecule has 0 aliphatic carbocycles. The third-order valence-electron chi connectivity index (χ3n) is 2.72. The summed E-state index contributed by atoms with van der Waals surface area (Å²) in [5.41, 5.74) is -1.85. The van der Waals surface area contributed by atoms with Gasteiger partial charge in [-0.2, -0.15) is 0 Å². The fraction of sp³-hybridized carbons (Fsp3) is 0.846. The quantitative estimate of drug-likeness (QED) is 0.824. The van der Waals surface area contributed by atoms with Crippen LogP contribution < -0.4 is 0 Å². The summed E-state index contributed by atoms with van der Waals surface area (Å²) < 4.78 is 5.26. The average Bonchev–Trinajstić information content (AvgIpc) is 2.15. The number of carboxylic acids is 1. The minimum atomic E-state index is -1.22. The van der Waals surface area contributed by atoms with Gasteiger partial charge in [0.1, 0.15) is 11.1 Å². The molecular formula is C13H25NO4. The standard InChI is InChI=1S/C13H25NO4/c1-7-9-13(6,10(15)16)14(8-2)11(17)18-12(3,4)5/h7-9H2,1-6H3,(H,15,16). The number of hydrogen-bond acceptors (Lipinski definition) is 3. The van der Waals surface area contributed by atoms with E-state index in [0.29, 0.717) is 19.4 Å². The Morgan fingerprint density at radius 2 is 1.67 bits per heavy atom. The van der Waals surface area contributed by atoms with Crippen molar-refractivity contribution in [3.8, 4) is 0 Å². The first-order valence-corrected chi connectivity index (χ1v) is 6.32. The van der Waals surface area contributed by atoms with Crippen molar-refractivity contribution in [2.75, 3.05) is 6.54 Å². The molecule has 1 N–H and O–H groups in total. The van der Waals surface area contributed by atoms with Crippen LogP contribution >= 0.6 is 0 Å². The van der Waals surface area contributed by atoms with Crippen molar-refractivity contribution in [1.82, 2.24) is 4.90 Å². The normalized spacial score (nSPS) is 14.8. The smallest absolute Gasteiger partial charge is 0.411 e. The molecule has 0 saturated carbocycles. The van der Waals surface area contributed by atoms with E-state index in [1.54, 1.807) is 34.6 Å². The Balaban J connectivity index is 5.14. The van der Waals surface area contributed by atoms with Crippen molar-refractivity contribution in [2.45, 2.75) is 65.5 Å². The van der Waals surface area contributed by atoms with Crippen molar-refractivity contribution < 1.29 is 19.4 Å². The summed E-state index contributed by atoms with van der Waals surface area (Å²) in [6.45, 7) is 10.8. The summed E-state index contributed by atoms with van der Waals surface area (Å²) in [4.78, 5) is 24.8. The first-order chi connectivity index (χ1) is 8.08. The topological polar surface area (TPSA) is 66.8 Å². The van der Waals surface area contributed by atoms with Crippen molar-refractivity contribution in [1.29, 1.82) is 0 Å². The third kappa shape index (κ3) is 4.20. The van der Waals surface area contributed by atoms with Gasteiger partial charge in [0.2, 0.25) is 0 Å². The largest absolute Gasteiger partial charge is 0.480 e. The molecule has 0 aliphatic heterocycles. The predicted molar refractivity (Wildman–Crippen MR) is 69.6 cm³/mol. The van der Waals surface area contributed by atoms with E-state index in [0.717, 1.165) is 0 Å². The third-order valence-corrected chi connectivity index (χ3v) is 2.72. The van der Waals surface area contributed by atoms with E-state index in [9.17, 15) is 14.7 Å². The second kappa shape index (κ2) is 6.07. The van der Waals surface area contributed by atoms with Gasteiger partial charge in [-0.1, -0.05) is 13.3 Å². The number of aliphatic carboxylic acids is 1. The van der Waals surface area contributed by atoms with Gasteiger partial charge in [-0.15, -0.1) is 0 Å². The molecular weight excluding hydrogens is 234 g/mol. The van der Waals surface area contributed by atoms with Crippen LogP contribution in [0.4, 0.5) is 4.79 Å². The van der Waals surface area contributed by atoms with Crippen LogP contribution in [0.3, 0.4) is 0 Å². The highest BCUT2D eigenvalue weighted by atomic mass is 16.6. The molecule has 0 fully saturated rings. The van der Waals surface area contributed by atoms with Gasteiger partial charge in [0.25, 0.3) is 0 Å². The zero-order chi connectivity index (χ0) is 14.6. The lowest BCUT2D eigenvalue weighted by atomic mass is 9.94. The summed E-state index contributed by atoms with van der Waals surface area (Å²) in [5, 5.41) is 9.36. The number of carbonyl (C=O) groups excluding carboxylic acids is 1. The highest BCUT2D eigenvalue weighted by Gasteiger charge is 2.42. The number of rotatable bonds is 5. The van der Waals surface area contributed by atoms with E-state index < -0.39 is 23.2 Å². The Morgan fingerprint density at radius 1 is 1.17 bits per heavy atom. The number of amides is 1. The lowest BCUT2D eigenvalue weighted by Gasteiger charge is -2.38. The Kier molecular flexibility index (Phi) is 5.64. The molecule has 1 unspecified atom stereocenters. The molecule has 0 aromatic heterocycles. The van der Waals surface area contributed by atoms with E-state index in [4.69, 9.17) is 4.74 Å². The molecule has 0 spiro atoms. The van der Waals surface area contributed by atoms with Gasteiger partial charge in [-0.25, -0.2) is 9.59 Å². The summed E-state index contributed by atoms with van der Waals surface area (Å²) in [6.07, 6.45) is 0.501. The Morgan fingerprint density at radius 3 is 1.94 bits per heavy atom. The molecule has 0 aromatic rings. The Bertz CT molecular complexity index is 309. The molecule has 5 nitrogen and oxygen atoms in total. The van der Waals surface area contributed by atoms with Crippen LogP contribution in [0.2, 0.25) is 0 Å². The highest BCUT2D eigenvalue weighted by Crippen LogP contribution is 2.24. The molecule has 0 aliphatic rings. The molecule has 0 heterocycles. The minimum Gasteiger partial charge on any atom is -0.480 e. The van der Waals surface area contributed by atoms with Crippen LogP contribution in [0, 0.1) is 0 Å². The van der Waals surface area contributed by atoms with Gasteiger partial charge in [0.05, 0.1) is 0 Å². The molecule has 18 heavy (non-hydrogen) atoms. The summed E-state index contributed by atoms with van der Waals surface area (Å²) in [5.74, 6) is -1.00. The van der Waals surface area contributed by atoms with Gasteiger partial charge >= 0.3 is 12.1 Å². The molecule has 0 radical (unpaired) electrons. The van der Waals surface area contributed by atoms with E-state index in [1.165, 1.54) is 4.90 Å². The summed E-state index contributed by atoms with van der Waals surface area (Å²) in [6, 6.07) is 0. The second-order valence-corrected chi connectivity index (χ2v) is 5.55. The van der Waals surface area contributed by atoms with Crippen LogP contribution in [0.15, 0.2) is 0 Å². The van der Waals surface area contributed by atoms with E-state index in [2.05, 4.69) is 0 Å². The molecule has 0 saturated heterocycles. The molecule has 0 bridgehead atoms. The molecule has 1 amide bonds. The Hall–Kier alpha value is -1.26. The van der Waals surface area contributed by atoms with Crippen LogP contribution in [0.5, 0.6) is 0 Å². The fourth-order valence-corrected chi connectivity index (χ4v) is 1.84. The Labute approximate surface area is 109 Å². The van der Waals surface area contributed by atoms with Crippen molar-refractivity contribution in [3.05, 3.63) is 0 Å². The SMILES string of the molecule is CCCC(C)(C(=O)O)N(CC)C(=O)OC(C)(C)C. The number of carbonyl (C=O) groups is 2. The zero-order valence-electron chi connectivity index (χ0n) is 12.2. The second-order valence-electron chi connectivity index (χ2n) is 5.55. The van der Waals surface area contributed by atoms with E-state index >= 15 is 0 Å². The van der Waals surface area contributed by atoms with E-state index in [1.807, 2.05) is 6.92 Å². The maximum atomic E-state index is 12.1. The average molecular weight is 259 g/mol. The van der Waals surface area contributed by atoms with Gasteiger partial charge in [0.15, 0.2) is 0 Å². The summed E-state index contributed by atoms with van der Waals surface area (Å²) in [7, 11) is 0. The number of hydrogen-bond donors (Lipinski definition) is 1. The minimum absolute atomic E-state index is 0.303. The van der Waals surface area contributed by atoms with Gasteiger partial charge < -0.3 is 9.84 Å². The first kappa shape index (κ1) is 16.7. The zero-order valence-corrected chi connectivity index (χ0v) is 12.2. The molecule has 5 heteroatoms. The maximum absolute atomic E-state index is 12.1. The molecule has 106 valence electrons. The van der Waals surface area contributed by atoms with Crippen LogP contribution in [-0.2, 0) is 9.53 Å². The fourth-order valence-electron chi connectivity index (χ4n) is 1.84. The van der Waals surface area contributed by atoms with Crippen LogP contribution in [0.25, 0.3) is 0 Å². The van der Waals surface area contributed by atoms with Crippen molar-refractivity contribution in [3.63, 3.8) is 0 Å². The number of nitrogens with zero attached hydrogens (tertiary/aromatic N) is 1. The summed E-state index contributed by atoms with van der Waals surface area (Å²) >= 11 is 0. The van der Waals surface area contributed by atoms with Crippen LogP contribution in [-0.4, -0.2) is 39.8 Å². The van der Waals surface area contributed by atoms with E-state index in [-0.39, 0.29) is 0 Å². The maximum Gasteiger partial charge on any atom is 0.411 e. The number of carboxylic acid groups (broad SMARTS) is 1. The van der Waals surface area contributed by atoms with Crippen molar-refractivity contribution in [2.24, 2.45) is 0 Å². The number of likely N-dealkylation sites (N-methyl/N-ethyl adjacent to an activating group) is 1. The van der Waals surface area contributed by atoms with Crippen LogP contribution in [0.1, 0.15) is 54.4 Å². The van der Waals surface area contributed by atoms with Gasteiger partial charge in [-0.3, -0.25) is 4.90 Å². The monoisotopic (exact) mass is 259 g/mol. The van der Waals surface area contributed by atoms with Gasteiger partial charge in [0, 0.05) is 6.54 Å². The molecule has 0 rings (SSSR count). The predicted octanol–water partition coefficient (Wildman–Crippen LogP) is 2.89. The first-order valence-electron chi connectivity index (χ1n) is 6.32. The van der Waals surface area contributed by atoms with Gasteiger partial charge in [-0.05, 0) is 41.0 Å². The lowest BCUT2D eigenvalue weighted by molar-refractivity contribution is -0.150. The number of ether oxygens (including phenoxy) is 1. The van der Waals surface area contributed by atoms with Crippen molar-refractivity contribution >= 4 is 12.1 Å². The molecule has 1 atom stereocenters. The molecule has 0 aromatic carbocycles. The lowest BCUT2D eigenvalue weighted by Crippen LogP contribution is -2.56.